The molecular formula is C10H16N2O2S. The van der Waals surface area contributed by atoms with E-state index >= 15 is 0 Å². The summed E-state index contributed by atoms with van der Waals surface area (Å²) in [5.41, 5.74) is 6.68. The van der Waals surface area contributed by atoms with Crippen LogP contribution >= 0.6 is 11.3 Å². The fourth-order valence-electron chi connectivity index (χ4n) is 1.90. The van der Waals surface area contributed by atoms with E-state index in [9.17, 15) is 5.11 Å². The Morgan fingerprint density at radius 1 is 1.80 bits per heavy atom. The molecule has 15 heavy (non-hydrogen) atoms. The van der Waals surface area contributed by atoms with Crippen LogP contribution in [-0.2, 0) is 10.3 Å². The maximum Gasteiger partial charge on any atom is 0.116 e. The van der Waals surface area contributed by atoms with Crippen molar-refractivity contribution in [3.05, 3.63) is 16.1 Å². The third-order valence-electron chi connectivity index (χ3n) is 2.92. The van der Waals surface area contributed by atoms with Crippen molar-refractivity contribution in [2.24, 2.45) is 11.7 Å². The molecule has 2 heterocycles. The molecule has 3 N–H and O–H groups in total. The summed E-state index contributed by atoms with van der Waals surface area (Å²) in [5.74, 6) is 0.0526. The average Bonchev–Trinajstić information content (AvgIpc) is 2.66. The molecule has 5 heteroatoms. The maximum absolute atomic E-state index is 9.34. The minimum absolute atomic E-state index is 0.0526. The van der Waals surface area contributed by atoms with Gasteiger partial charge in [-0.25, -0.2) is 4.98 Å². The first kappa shape index (κ1) is 11.0. The van der Waals surface area contributed by atoms with Crippen LogP contribution in [0.4, 0.5) is 0 Å². The van der Waals surface area contributed by atoms with Crippen LogP contribution in [0.5, 0.6) is 0 Å². The second-order valence-electron chi connectivity index (χ2n) is 4.06. The van der Waals surface area contributed by atoms with Crippen LogP contribution in [0.15, 0.2) is 5.38 Å². The number of thiazole rings is 1. The fraction of sp³-hybridized carbons (Fsp3) is 0.700. The van der Waals surface area contributed by atoms with E-state index in [0.29, 0.717) is 13.2 Å². The molecule has 1 aromatic heterocycles. The zero-order valence-electron chi connectivity index (χ0n) is 8.77. The largest absolute Gasteiger partial charge is 0.396 e. The van der Waals surface area contributed by atoms with Gasteiger partial charge >= 0.3 is 0 Å². The van der Waals surface area contributed by atoms with Gasteiger partial charge in [-0.15, -0.1) is 11.3 Å². The van der Waals surface area contributed by atoms with Crippen molar-refractivity contribution in [1.82, 2.24) is 4.98 Å². The lowest BCUT2D eigenvalue weighted by Gasteiger charge is -2.38. The summed E-state index contributed by atoms with van der Waals surface area (Å²) in [6.45, 7) is 3.17. The summed E-state index contributed by atoms with van der Waals surface area (Å²) < 4.78 is 5.41. The van der Waals surface area contributed by atoms with Gasteiger partial charge in [0.2, 0.25) is 0 Å². The predicted octanol–water partition coefficient (Wildman–Crippen LogP) is 0.634. The maximum atomic E-state index is 9.34. The van der Waals surface area contributed by atoms with Gasteiger partial charge in [0.15, 0.2) is 0 Å². The number of nitrogens with two attached hydrogens (primary N) is 1. The molecule has 0 aliphatic carbocycles. The lowest BCUT2D eigenvalue weighted by Crippen LogP contribution is -2.52. The van der Waals surface area contributed by atoms with Crippen LogP contribution in [0.2, 0.25) is 0 Å². The van der Waals surface area contributed by atoms with Crippen molar-refractivity contribution < 1.29 is 9.84 Å². The van der Waals surface area contributed by atoms with E-state index in [4.69, 9.17) is 10.5 Å². The highest BCUT2D eigenvalue weighted by molar-refractivity contribution is 7.09. The molecular weight excluding hydrogens is 212 g/mol. The van der Waals surface area contributed by atoms with E-state index in [0.717, 1.165) is 17.1 Å². The van der Waals surface area contributed by atoms with Gasteiger partial charge < -0.3 is 15.6 Å². The average molecular weight is 228 g/mol. The van der Waals surface area contributed by atoms with Crippen LogP contribution in [0.1, 0.15) is 17.1 Å². The molecule has 1 aliphatic heterocycles. The first-order chi connectivity index (χ1) is 7.16. The summed E-state index contributed by atoms with van der Waals surface area (Å²) in [6, 6.07) is 0. The van der Waals surface area contributed by atoms with E-state index in [1.807, 2.05) is 12.3 Å². The van der Waals surface area contributed by atoms with Gasteiger partial charge in [-0.2, -0.15) is 0 Å². The van der Waals surface area contributed by atoms with Gasteiger partial charge in [-0.05, 0) is 13.3 Å². The summed E-state index contributed by atoms with van der Waals surface area (Å²) in [6.07, 6.45) is 0.797. The number of aryl methyl sites for hydroxylation is 1. The van der Waals surface area contributed by atoms with Gasteiger partial charge in [0.25, 0.3) is 0 Å². The number of ether oxygens (including phenoxy) is 1. The van der Waals surface area contributed by atoms with Crippen molar-refractivity contribution in [2.75, 3.05) is 19.8 Å². The number of hydrogen-bond donors (Lipinski definition) is 2. The summed E-state index contributed by atoms with van der Waals surface area (Å²) in [4.78, 5) is 4.41. The Balaban J connectivity index is 2.29. The third-order valence-corrected chi connectivity index (χ3v) is 4.07. The Labute approximate surface area is 93.1 Å². The van der Waals surface area contributed by atoms with E-state index < -0.39 is 5.54 Å². The van der Waals surface area contributed by atoms with Crippen LogP contribution in [0.25, 0.3) is 0 Å². The Morgan fingerprint density at radius 2 is 2.60 bits per heavy atom. The van der Waals surface area contributed by atoms with E-state index in [-0.39, 0.29) is 12.5 Å². The lowest BCUT2D eigenvalue weighted by atomic mass is 9.82. The van der Waals surface area contributed by atoms with Crippen molar-refractivity contribution in [1.29, 1.82) is 0 Å². The van der Waals surface area contributed by atoms with Gasteiger partial charge in [0.05, 0.1) is 12.1 Å². The van der Waals surface area contributed by atoms with Crippen molar-refractivity contribution in [3.63, 3.8) is 0 Å². The lowest BCUT2D eigenvalue weighted by molar-refractivity contribution is -0.0231. The Hall–Kier alpha value is -0.490. The SMILES string of the molecule is Cc1csc(C2(N)COCCC2CO)n1. The standard InChI is InChI=1S/C10H16N2O2S/c1-7-5-15-9(12-7)10(11)6-14-3-2-8(10)4-13/h5,8,13H,2-4,6,11H2,1H3. The molecule has 0 saturated carbocycles. The van der Waals surface area contributed by atoms with Crippen molar-refractivity contribution >= 4 is 11.3 Å². The fourth-order valence-corrected chi connectivity index (χ4v) is 2.88. The molecule has 0 amide bonds. The molecule has 0 aromatic carbocycles. The van der Waals surface area contributed by atoms with Gasteiger partial charge in [-0.3, -0.25) is 0 Å². The molecule has 2 atom stereocenters. The summed E-state index contributed by atoms with van der Waals surface area (Å²) in [5, 5.41) is 12.2. The minimum Gasteiger partial charge on any atom is -0.396 e. The van der Waals surface area contributed by atoms with Gasteiger partial charge in [0.1, 0.15) is 5.01 Å². The Bertz CT molecular complexity index is 342. The second kappa shape index (κ2) is 4.17. The molecule has 0 radical (unpaired) electrons. The Kier molecular flexibility index (Phi) is 3.06. The number of hydrogen-bond acceptors (Lipinski definition) is 5. The van der Waals surface area contributed by atoms with E-state index in [1.54, 1.807) is 11.3 Å². The first-order valence-corrected chi connectivity index (χ1v) is 5.95. The van der Waals surface area contributed by atoms with Crippen LogP contribution in [0, 0.1) is 12.8 Å². The summed E-state index contributed by atoms with van der Waals surface area (Å²) in [7, 11) is 0. The zero-order chi connectivity index (χ0) is 10.9. The molecule has 1 fully saturated rings. The highest BCUT2D eigenvalue weighted by atomic mass is 32.1. The van der Waals surface area contributed by atoms with Crippen LogP contribution in [0.3, 0.4) is 0 Å². The van der Waals surface area contributed by atoms with Crippen molar-refractivity contribution in [2.45, 2.75) is 18.9 Å². The summed E-state index contributed by atoms with van der Waals surface area (Å²) >= 11 is 1.55. The molecule has 2 unspecified atom stereocenters. The van der Waals surface area contributed by atoms with E-state index in [2.05, 4.69) is 4.98 Å². The number of aliphatic hydroxyl groups excluding tert-OH is 1. The zero-order valence-corrected chi connectivity index (χ0v) is 9.59. The number of nitrogens with zero attached hydrogens (tertiary/aromatic N) is 1. The molecule has 1 saturated heterocycles. The van der Waals surface area contributed by atoms with Crippen LogP contribution < -0.4 is 5.73 Å². The van der Waals surface area contributed by atoms with Gasteiger partial charge in [0, 0.05) is 30.2 Å². The molecule has 4 nitrogen and oxygen atoms in total. The first-order valence-electron chi connectivity index (χ1n) is 5.07. The van der Waals surface area contributed by atoms with E-state index in [1.165, 1.54) is 0 Å². The van der Waals surface area contributed by atoms with Gasteiger partial charge in [-0.1, -0.05) is 0 Å². The monoisotopic (exact) mass is 228 g/mol. The quantitative estimate of drug-likeness (QED) is 0.779. The molecule has 0 bridgehead atoms. The minimum atomic E-state index is -0.605. The smallest absolute Gasteiger partial charge is 0.116 e. The second-order valence-corrected chi connectivity index (χ2v) is 4.91. The highest BCUT2D eigenvalue weighted by Gasteiger charge is 2.41. The Morgan fingerprint density at radius 3 is 3.20 bits per heavy atom. The van der Waals surface area contributed by atoms with Crippen LogP contribution in [-0.4, -0.2) is 29.9 Å². The topological polar surface area (TPSA) is 68.4 Å². The molecule has 2 rings (SSSR count). The predicted molar refractivity (Wildman–Crippen MR) is 58.7 cm³/mol. The number of aromatic nitrogens is 1. The normalized spacial score (nSPS) is 31.8. The molecule has 0 spiro atoms. The highest BCUT2D eigenvalue weighted by Crippen LogP contribution is 2.34. The molecule has 1 aromatic rings. The van der Waals surface area contributed by atoms with Crippen molar-refractivity contribution in [3.8, 4) is 0 Å². The number of aliphatic hydroxyl groups is 1. The molecule has 1 aliphatic rings. The molecule has 84 valence electrons. The number of rotatable bonds is 2. The third kappa shape index (κ3) is 1.92.